The lowest BCUT2D eigenvalue weighted by molar-refractivity contribution is -0.141. The van der Waals surface area contributed by atoms with Crippen LogP contribution >= 0.6 is 0 Å². The molecule has 0 saturated carbocycles. The van der Waals surface area contributed by atoms with Crippen molar-refractivity contribution in [1.29, 1.82) is 0 Å². The van der Waals surface area contributed by atoms with Crippen molar-refractivity contribution in [2.75, 3.05) is 26.2 Å². The molecule has 1 aliphatic rings. The monoisotopic (exact) mass is 754 g/mol. The number of aliphatic imine (C=N–C) groups is 1. The lowest BCUT2D eigenvalue weighted by atomic mass is 10.0. The molecule has 12 N–H and O–H groups in total. The Balaban J connectivity index is 2.29. The van der Waals surface area contributed by atoms with Crippen molar-refractivity contribution in [3.63, 3.8) is 0 Å². The smallest absolute Gasteiger partial charge is 0.305 e. The molecule has 7 amide bonds. The molecule has 0 aromatic heterocycles. The number of rotatable bonds is 18. The van der Waals surface area contributed by atoms with Crippen LogP contribution in [0.25, 0.3) is 0 Å². The van der Waals surface area contributed by atoms with E-state index in [1.807, 2.05) is 0 Å². The van der Waals surface area contributed by atoms with Crippen molar-refractivity contribution in [2.24, 2.45) is 16.5 Å². The molecule has 54 heavy (non-hydrogen) atoms. The largest absolute Gasteiger partial charge is 0.481 e. The second-order valence-electron chi connectivity index (χ2n) is 12.4. The van der Waals surface area contributed by atoms with Gasteiger partial charge in [-0.25, -0.2) is 0 Å². The molecule has 1 aromatic rings. The molecule has 1 saturated heterocycles. The zero-order valence-electron chi connectivity index (χ0n) is 30.0. The van der Waals surface area contributed by atoms with Crippen molar-refractivity contribution < 1.29 is 43.5 Å². The van der Waals surface area contributed by atoms with Gasteiger partial charge in [-0.3, -0.25) is 43.3 Å². The number of nitrogens with one attached hydrogen (secondary N) is 7. The highest BCUT2D eigenvalue weighted by Crippen LogP contribution is 2.09. The number of nitrogens with zero attached hydrogens (tertiary/aromatic N) is 1. The van der Waals surface area contributed by atoms with E-state index < -0.39 is 72.6 Å². The first-order valence-corrected chi connectivity index (χ1v) is 17.5. The van der Waals surface area contributed by atoms with Gasteiger partial charge in [-0.2, -0.15) is 0 Å². The van der Waals surface area contributed by atoms with Gasteiger partial charge in [-0.15, -0.1) is 6.42 Å². The number of amides is 7. The first-order chi connectivity index (χ1) is 25.8. The molecule has 4 atom stereocenters. The summed E-state index contributed by atoms with van der Waals surface area (Å²) < 4.78 is 0. The van der Waals surface area contributed by atoms with Crippen LogP contribution in [0.3, 0.4) is 0 Å². The van der Waals surface area contributed by atoms with Gasteiger partial charge in [0.25, 0.3) is 0 Å². The molecule has 2 rings (SSSR count). The number of nitrogens with two attached hydrogens (primary N) is 2. The molecular formula is C35H50N10O9. The molecule has 1 fully saturated rings. The van der Waals surface area contributed by atoms with Gasteiger partial charge in [-0.1, -0.05) is 36.3 Å². The molecule has 0 unspecified atom stereocenters. The van der Waals surface area contributed by atoms with E-state index in [9.17, 15) is 43.5 Å². The van der Waals surface area contributed by atoms with Gasteiger partial charge < -0.3 is 53.8 Å². The second kappa shape index (κ2) is 24.1. The van der Waals surface area contributed by atoms with E-state index in [4.69, 9.17) is 17.9 Å². The number of benzene rings is 1. The number of carboxylic acids is 1. The maximum atomic E-state index is 13.8. The highest BCUT2D eigenvalue weighted by molar-refractivity contribution is 5.98. The van der Waals surface area contributed by atoms with Crippen LogP contribution in [0.1, 0.15) is 63.4 Å². The molecule has 19 nitrogen and oxygen atoms in total. The summed E-state index contributed by atoms with van der Waals surface area (Å²) in [5.41, 5.74) is 11.4. The van der Waals surface area contributed by atoms with E-state index in [1.165, 1.54) is 0 Å². The van der Waals surface area contributed by atoms with Crippen LogP contribution in [0, 0.1) is 12.3 Å². The molecule has 1 heterocycles. The minimum atomic E-state index is -1.60. The van der Waals surface area contributed by atoms with Crippen LogP contribution in [0.2, 0.25) is 0 Å². The van der Waals surface area contributed by atoms with Gasteiger partial charge in [0.2, 0.25) is 41.4 Å². The zero-order valence-corrected chi connectivity index (χ0v) is 30.0. The average Bonchev–Trinajstić information content (AvgIpc) is 3.12. The number of carboxylic acid groups (broad SMARTS) is 1. The number of aliphatic carboxylic acids is 1. The summed E-state index contributed by atoms with van der Waals surface area (Å²) in [5.74, 6) is -3.95. The summed E-state index contributed by atoms with van der Waals surface area (Å²) in [6.45, 7) is -0.189. The van der Waals surface area contributed by atoms with Gasteiger partial charge in [0, 0.05) is 32.4 Å². The summed E-state index contributed by atoms with van der Waals surface area (Å²) in [6.07, 6.45) is 5.86. The van der Waals surface area contributed by atoms with E-state index in [1.54, 1.807) is 30.3 Å². The Morgan fingerprint density at radius 3 is 2.02 bits per heavy atom. The third-order valence-electron chi connectivity index (χ3n) is 8.02. The Labute approximate surface area is 313 Å². The van der Waals surface area contributed by atoms with Gasteiger partial charge in [0.15, 0.2) is 5.96 Å². The maximum absolute atomic E-state index is 13.8. The van der Waals surface area contributed by atoms with E-state index in [0.717, 1.165) is 0 Å². The number of carbonyl (C=O) groups is 8. The molecule has 0 aliphatic carbocycles. The summed E-state index contributed by atoms with van der Waals surface area (Å²) in [7, 11) is 0. The lowest BCUT2D eigenvalue weighted by Gasteiger charge is -2.26. The highest BCUT2D eigenvalue weighted by atomic mass is 16.4. The SMILES string of the molecule is C#CCNC(=O)CCCC(=O)NCCCC[C@@H]1NC(=O)[C@H](Cc2ccccc2)NC(=O)[C@@H](CC(=O)O)NC(=O)CNC(=O)[C@H](CCCN=C(N)N)NC1=O. The maximum Gasteiger partial charge on any atom is 0.305 e. The second-order valence-corrected chi connectivity index (χ2v) is 12.4. The lowest BCUT2D eigenvalue weighted by Crippen LogP contribution is -2.58. The molecule has 294 valence electrons. The Kier molecular flexibility index (Phi) is 19.6. The predicted octanol–water partition coefficient (Wildman–Crippen LogP) is -2.97. The van der Waals surface area contributed by atoms with Crippen LogP contribution in [0.5, 0.6) is 0 Å². The van der Waals surface area contributed by atoms with Gasteiger partial charge >= 0.3 is 5.97 Å². The predicted molar refractivity (Wildman–Crippen MR) is 196 cm³/mol. The number of unbranched alkanes of at least 4 members (excludes halogenated alkanes) is 1. The molecule has 0 spiro atoms. The van der Waals surface area contributed by atoms with Crippen LogP contribution in [-0.4, -0.2) is 109 Å². The number of guanidine groups is 1. The zero-order chi connectivity index (χ0) is 39.9. The van der Waals surface area contributed by atoms with E-state index in [0.29, 0.717) is 24.8 Å². The fraction of sp³-hybridized carbons (Fsp3) is 0.514. The van der Waals surface area contributed by atoms with Gasteiger partial charge in [0.05, 0.1) is 19.5 Å². The molecule has 0 radical (unpaired) electrons. The number of hydrogen-bond donors (Lipinski definition) is 10. The normalized spacial score (nSPS) is 19.5. The highest BCUT2D eigenvalue weighted by Gasteiger charge is 2.33. The number of carbonyl (C=O) groups excluding carboxylic acids is 7. The van der Waals surface area contributed by atoms with Crippen molar-refractivity contribution in [2.45, 2.75) is 88.4 Å². The fourth-order valence-electron chi connectivity index (χ4n) is 5.27. The third-order valence-corrected chi connectivity index (χ3v) is 8.02. The van der Waals surface area contributed by atoms with Crippen LogP contribution in [0.4, 0.5) is 0 Å². The molecule has 1 aromatic carbocycles. The molecule has 19 heteroatoms. The standard InChI is InChI=1S/C35H50N10O9/c1-2-16-38-27(46)14-8-15-28(47)39-17-7-6-12-24-32(52)43-23(13-9-18-40-35(36)37)31(51)41-21-29(48)42-26(20-30(49)50)34(54)45-25(33(53)44-24)19-22-10-4-3-5-11-22/h1,3-5,10-11,23-26H,6-9,12-21H2,(H,38,46)(H,39,47)(H,41,51)(H,42,48)(H,43,52)(H,44,53)(H,45,54)(H,49,50)(H4,36,37,40)/t23-,24-,25-,26+/m0/s1. The average molecular weight is 755 g/mol. The number of terminal acetylenes is 1. The van der Waals surface area contributed by atoms with Crippen LogP contribution in [-0.2, 0) is 44.8 Å². The van der Waals surface area contributed by atoms with Crippen molar-refractivity contribution >= 4 is 53.3 Å². The minimum absolute atomic E-state index is 0.0343. The fourth-order valence-corrected chi connectivity index (χ4v) is 5.27. The summed E-state index contributed by atoms with van der Waals surface area (Å²) in [6, 6.07) is 3.28. The summed E-state index contributed by atoms with van der Waals surface area (Å²) >= 11 is 0. The number of hydrogen-bond acceptors (Lipinski definition) is 9. The van der Waals surface area contributed by atoms with Crippen LogP contribution < -0.4 is 48.7 Å². The summed E-state index contributed by atoms with van der Waals surface area (Å²) in [5, 5.41) is 27.2. The van der Waals surface area contributed by atoms with Crippen molar-refractivity contribution in [3.8, 4) is 12.3 Å². The first kappa shape index (κ1) is 44.0. The summed E-state index contributed by atoms with van der Waals surface area (Å²) in [4.78, 5) is 106. The molecule has 1 aliphatic heterocycles. The third kappa shape index (κ3) is 17.8. The quantitative estimate of drug-likeness (QED) is 0.0312. The minimum Gasteiger partial charge on any atom is -0.481 e. The Morgan fingerprint density at radius 2 is 1.37 bits per heavy atom. The van der Waals surface area contributed by atoms with E-state index >= 15 is 0 Å². The Morgan fingerprint density at radius 1 is 0.778 bits per heavy atom. The van der Waals surface area contributed by atoms with E-state index in [2.05, 4.69) is 48.1 Å². The van der Waals surface area contributed by atoms with Crippen molar-refractivity contribution in [1.82, 2.24) is 37.2 Å². The topological polar surface area (TPSA) is 305 Å². The molecule has 0 bridgehead atoms. The van der Waals surface area contributed by atoms with Gasteiger partial charge in [-0.05, 0) is 44.1 Å². The Hall–Kier alpha value is -6.19. The first-order valence-electron chi connectivity index (χ1n) is 17.5. The molecular weight excluding hydrogens is 704 g/mol. The van der Waals surface area contributed by atoms with E-state index in [-0.39, 0.29) is 75.9 Å². The Bertz CT molecular complexity index is 1540. The van der Waals surface area contributed by atoms with Crippen LogP contribution in [0.15, 0.2) is 35.3 Å². The van der Waals surface area contributed by atoms with Gasteiger partial charge in [0.1, 0.15) is 24.2 Å². The van der Waals surface area contributed by atoms with Crippen molar-refractivity contribution in [3.05, 3.63) is 35.9 Å².